The van der Waals surface area contributed by atoms with Gasteiger partial charge in [0.05, 0.1) is 0 Å². The summed E-state index contributed by atoms with van der Waals surface area (Å²) in [6, 6.07) is 16.1. The lowest BCUT2D eigenvalue weighted by Gasteiger charge is -2.04. The van der Waals surface area contributed by atoms with Gasteiger partial charge in [-0.1, -0.05) is 48.0 Å². The molecule has 0 unspecified atom stereocenters. The fourth-order valence-electron chi connectivity index (χ4n) is 1.70. The van der Waals surface area contributed by atoms with E-state index in [1.54, 1.807) is 36.4 Å². The number of amides is 1. The predicted octanol–water partition coefficient (Wildman–Crippen LogP) is 2.63. The van der Waals surface area contributed by atoms with Gasteiger partial charge in [-0.15, -0.1) is 0 Å². The smallest absolute Gasteiger partial charge is 0.269 e. The Balaban J connectivity index is 1.84. The molecule has 0 atom stereocenters. The van der Waals surface area contributed by atoms with Gasteiger partial charge in [-0.05, 0) is 19.1 Å². The Morgan fingerprint density at radius 3 is 2.24 bits per heavy atom. The van der Waals surface area contributed by atoms with Crippen LogP contribution in [0.3, 0.4) is 0 Å². The van der Waals surface area contributed by atoms with Gasteiger partial charge in [-0.3, -0.25) is 15.0 Å². The molecule has 0 aliphatic carbocycles. The highest BCUT2D eigenvalue weighted by molar-refractivity contribution is 6.04. The van der Waals surface area contributed by atoms with E-state index in [-0.39, 0.29) is 11.7 Å². The normalized spacial score (nSPS) is 10.3. The summed E-state index contributed by atoms with van der Waals surface area (Å²) in [5.74, 6) is -0.389. The van der Waals surface area contributed by atoms with Gasteiger partial charge >= 0.3 is 0 Å². The van der Waals surface area contributed by atoms with Crippen LogP contribution in [0, 0.1) is 6.92 Å². The minimum Gasteiger partial charge on any atom is -0.305 e. The Morgan fingerprint density at radius 1 is 0.905 bits per heavy atom. The van der Waals surface area contributed by atoms with Crippen molar-refractivity contribution in [2.24, 2.45) is 0 Å². The highest BCUT2D eigenvalue weighted by Crippen LogP contribution is 2.02. The van der Waals surface area contributed by atoms with Crippen molar-refractivity contribution in [1.82, 2.24) is 10.9 Å². The highest BCUT2D eigenvalue weighted by atomic mass is 16.2. The molecule has 0 aliphatic rings. The van der Waals surface area contributed by atoms with Crippen molar-refractivity contribution in [2.45, 2.75) is 6.92 Å². The quantitative estimate of drug-likeness (QED) is 0.503. The highest BCUT2D eigenvalue weighted by Gasteiger charge is 2.03. The SMILES string of the molecule is Cc1ccc(C(=O)NN/C=C/C(=O)c2ccccc2)cc1. The van der Waals surface area contributed by atoms with Gasteiger partial charge in [0.1, 0.15) is 0 Å². The molecule has 0 bridgehead atoms. The minimum atomic E-state index is -0.258. The first-order chi connectivity index (χ1) is 10.2. The van der Waals surface area contributed by atoms with Gasteiger partial charge in [0.2, 0.25) is 0 Å². The van der Waals surface area contributed by atoms with Crippen LogP contribution >= 0.6 is 0 Å². The van der Waals surface area contributed by atoms with Crippen molar-refractivity contribution < 1.29 is 9.59 Å². The molecule has 0 heterocycles. The third-order valence-corrected chi connectivity index (χ3v) is 2.88. The Kier molecular flexibility index (Phi) is 4.88. The number of carbonyl (C=O) groups is 2. The number of carbonyl (C=O) groups excluding carboxylic acids is 2. The third kappa shape index (κ3) is 4.31. The first-order valence-corrected chi connectivity index (χ1v) is 6.55. The molecule has 106 valence electrons. The van der Waals surface area contributed by atoms with Crippen molar-refractivity contribution in [2.75, 3.05) is 0 Å². The summed E-state index contributed by atoms with van der Waals surface area (Å²) in [6.07, 6.45) is 2.77. The van der Waals surface area contributed by atoms with Gasteiger partial charge < -0.3 is 5.43 Å². The molecule has 4 nitrogen and oxygen atoms in total. The van der Waals surface area contributed by atoms with E-state index in [9.17, 15) is 9.59 Å². The van der Waals surface area contributed by atoms with Crippen LogP contribution in [0.5, 0.6) is 0 Å². The van der Waals surface area contributed by atoms with E-state index in [0.717, 1.165) is 5.56 Å². The predicted molar refractivity (Wildman–Crippen MR) is 81.7 cm³/mol. The Labute approximate surface area is 123 Å². The monoisotopic (exact) mass is 280 g/mol. The van der Waals surface area contributed by atoms with E-state index in [4.69, 9.17) is 0 Å². The first-order valence-electron chi connectivity index (χ1n) is 6.55. The summed E-state index contributed by atoms with van der Waals surface area (Å²) in [7, 11) is 0. The Bertz CT molecular complexity index is 646. The fraction of sp³-hybridized carbons (Fsp3) is 0.0588. The molecule has 2 aromatic carbocycles. The van der Waals surface area contributed by atoms with Crippen LogP contribution in [-0.2, 0) is 0 Å². The molecule has 0 aliphatic heterocycles. The lowest BCUT2D eigenvalue weighted by Crippen LogP contribution is -2.33. The molecular formula is C17H16N2O2. The Morgan fingerprint density at radius 2 is 1.57 bits per heavy atom. The van der Waals surface area contributed by atoms with Crippen LogP contribution in [0.2, 0.25) is 0 Å². The summed E-state index contributed by atoms with van der Waals surface area (Å²) in [4.78, 5) is 23.5. The van der Waals surface area contributed by atoms with Crippen LogP contribution in [0.1, 0.15) is 26.3 Å². The summed E-state index contributed by atoms with van der Waals surface area (Å²) in [6.45, 7) is 1.96. The molecule has 2 aromatic rings. The second-order valence-corrected chi connectivity index (χ2v) is 4.53. The average molecular weight is 280 g/mol. The number of ketones is 1. The molecule has 0 saturated heterocycles. The number of benzene rings is 2. The average Bonchev–Trinajstić information content (AvgIpc) is 2.52. The van der Waals surface area contributed by atoms with Gasteiger partial charge in [-0.25, -0.2) is 0 Å². The van der Waals surface area contributed by atoms with E-state index in [1.165, 1.54) is 12.3 Å². The molecule has 1 amide bonds. The van der Waals surface area contributed by atoms with Crippen molar-refractivity contribution in [3.8, 4) is 0 Å². The van der Waals surface area contributed by atoms with Crippen LogP contribution in [-0.4, -0.2) is 11.7 Å². The molecule has 4 heteroatoms. The zero-order valence-electron chi connectivity index (χ0n) is 11.7. The van der Waals surface area contributed by atoms with Crippen LogP contribution in [0.15, 0.2) is 66.9 Å². The molecule has 0 radical (unpaired) electrons. The van der Waals surface area contributed by atoms with Crippen LogP contribution in [0.4, 0.5) is 0 Å². The molecule has 0 aromatic heterocycles. The van der Waals surface area contributed by atoms with Gasteiger partial charge in [0, 0.05) is 23.4 Å². The van der Waals surface area contributed by atoms with Crippen LogP contribution in [0.25, 0.3) is 0 Å². The van der Waals surface area contributed by atoms with Crippen molar-refractivity contribution >= 4 is 11.7 Å². The first kappa shape index (κ1) is 14.5. The standard InChI is InChI=1S/C17H16N2O2/c1-13-7-9-15(10-8-13)17(21)19-18-12-11-16(20)14-5-3-2-4-6-14/h2-12,18H,1H3,(H,19,21)/b12-11+. The van der Waals surface area contributed by atoms with E-state index in [0.29, 0.717) is 11.1 Å². The number of hydrogen-bond donors (Lipinski definition) is 2. The maximum absolute atomic E-state index is 11.8. The number of rotatable bonds is 5. The topological polar surface area (TPSA) is 58.2 Å². The maximum Gasteiger partial charge on any atom is 0.269 e. The zero-order chi connectivity index (χ0) is 15.1. The Hall–Kier alpha value is -2.88. The second-order valence-electron chi connectivity index (χ2n) is 4.53. The molecule has 0 saturated carbocycles. The third-order valence-electron chi connectivity index (χ3n) is 2.88. The summed E-state index contributed by atoms with van der Waals surface area (Å²) < 4.78 is 0. The summed E-state index contributed by atoms with van der Waals surface area (Å²) in [5.41, 5.74) is 7.34. The zero-order valence-corrected chi connectivity index (χ0v) is 11.7. The van der Waals surface area contributed by atoms with E-state index >= 15 is 0 Å². The van der Waals surface area contributed by atoms with Crippen molar-refractivity contribution in [3.05, 3.63) is 83.6 Å². The van der Waals surface area contributed by atoms with Crippen molar-refractivity contribution in [1.29, 1.82) is 0 Å². The number of aryl methyl sites for hydroxylation is 1. The number of allylic oxidation sites excluding steroid dienone is 1. The molecule has 0 fully saturated rings. The van der Waals surface area contributed by atoms with Crippen LogP contribution < -0.4 is 10.9 Å². The molecule has 0 spiro atoms. The van der Waals surface area contributed by atoms with Gasteiger partial charge in [0.25, 0.3) is 5.91 Å². The van der Waals surface area contributed by atoms with E-state index in [2.05, 4.69) is 10.9 Å². The van der Waals surface area contributed by atoms with Crippen molar-refractivity contribution in [3.63, 3.8) is 0 Å². The largest absolute Gasteiger partial charge is 0.305 e. The van der Waals surface area contributed by atoms with Gasteiger partial charge in [-0.2, -0.15) is 0 Å². The summed E-state index contributed by atoms with van der Waals surface area (Å²) in [5, 5.41) is 0. The van der Waals surface area contributed by atoms with Gasteiger partial charge in [0.15, 0.2) is 5.78 Å². The maximum atomic E-state index is 11.8. The number of hydrogen-bond acceptors (Lipinski definition) is 3. The fourth-order valence-corrected chi connectivity index (χ4v) is 1.70. The lowest BCUT2D eigenvalue weighted by molar-refractivity contribution is 0.0939. The molecule has 2 rings (SSSR count). The van der Waals surface area contributed by atoms with E-state index < -0.39 is 0 Å². The lowest BCUT2D eigenvalue weighted by atomic mass is 10.1. The minimum absolute atomic E-state index is 0.132. The van der Waals surface area contributed by atoms with E-state index in [1.807, 2.05) is 25.1 Å². The second kappa shape index (κ2) is 7.05. The molecule has 21 heavy (non-hydrogen) atoms. The number of nitrogens with one attached hydrogen (secondary N) is 2. The molecule has 2 N–H and O–H groups in total. The summed E-state index contributed by atoms with van der Waals surface area (Å²) >= 11 is 0. The number of hydrazine groups is 1. The molecular weight excluding hydrogens is 264 g/mol.